The van der Waals surface area contributed by atoms with Crippen LogP contribution in [0.25, 0.3) is 99.5 Å². The van der Waals surface area contributed by atoms with Crippen LogP contribution in [-0.4, -0.2) is 9.13 Å². The van der Waals surface area contributed by atoms with Gasteiger partial charge in [0.25, 0.3) is 0 Å². The van der Waals surface area contributed by atoms with E-state index in [1.54, 1.807) is 0 Å². The maximum Gasteiger partial charge on any atom is 0.0754 e. The molecule has 0 fully saturated rings. The summed E-state index contributed by atoms with van der Waals surface area (Å²) < 4.78 is 4.93. The van der Waals surface area contributed by atoms with Gasteiger partial charge in [0.1, 0.15) is 0 Å². The third kappa shape index (κ3) is 6.05. The second kappa shape index (κ2) is 16.5. The highest BCUT2D eigenvalue weighted by atomic mass is 15.1. The molecule has 3 heterocycles. The standard InChI is InChI=1S/C73H47N3/c1-3-19-48(20-4-1)50-21-17-22-52(45-50)56-25-9-14-34-67(56)74(54-40-37-49(38-41-54)51-39-43-69-61(46-51)59-28-10-15-35-68(59)75(69)53-23-5-2-6-24-53)55-42-44-70-62(47-55)60-29-18-33-66-72(60)76(70)71-36-16-13-32-65(71)73(66)63-30-11-7-26-57(63)58-27-8-12-31-64(58)73/h1-47H. The topological polar surface area (TPSA) is 13.1 Å². The Labute approximate surface area is 441 Å². The van der Waals surface area contributed by atoms with Gasteiger partial charge in [0.15, 0.2) is 0 Å². The highest BCUT2D eigenvalue weighted by molar-refractivity contribution is 6.14. The van der Waals surface area contributed by atoms with Crippen molar-refractivity contribution in [3.05, 3.63) is 307 Å². The average molecular weight is 966 g/mol. The molecule has 1 aliphatic heterocycles. The minimum Gasteiger partial charge on any atom is -0.310 e. The maximum atomic E-state index is 2.55. The molecule has 2 aromatic heterocycles. The van der Waals surface area contributed by atoms with Crippen LogP contribution < -0.4 is 4.90 Å². The summed E-state index contributed by atoms with van der Waals surface area (Å²) in [7, 11) is 0. The van der Waals surface area contributed by atoms with Crippen LogP contribution in [0.4, 0.5) is 17.1 Å². The van der Waals surface area contributed by atoms with E-state index in [0.29, 0.717) is 0 Å². The first-order valence-corrected chi connectivity index (χ1v) is 26.3. The Morgan fingerprint density at radius 3 is 1.59 bits per heavy atom. The Hall–Kier alpha value is -9.96. The molecule has 1 aliphatic carbocycles. The molecule has 0 amide bonds. The molecular weight excluding hydrogens is 919 g/mol. The van der Waals surface area contributed by atoms with E-state index in [2.05, 4.69) is 299 Å². The Morgan fingerprint density at radius 1 is 0.276 bits per heavy atom. The van der Waals surface area contributed by atoms with E-state index in [9.17, 15) is 0 Å². The molecule has 14 aromatic rings. The summed E-state index contributed by atoms with van der Waals surface area (Å²) >= 11 is 0. The number of hydrogen-bond donors (Lipinski definition) is 0. The van der Waals surface area contributed by atoms with Crippen LogP contribution in [0, 0.1) is 0 Å². The summed E-state index contributed by atoms with van der Waals surface area (Å²) in [5.74, 6) is 0. The number of rotatable bonds is 7. The maximum absolute atomic E-state index is 2.55. The van der Waals surface area contributed by atoms with Gasteiger partial charge in [-0.05, 0) is 140 Å². The van der Waals surface area contributed by atoms with Crippen molar-refractivity contribution in [2.45, 2.75) is 5.41 Å². The highest BCUT2D eigenvalue weighted by Crippen LogP contribution is 2.61. The van der Waals surface area contributed by atoms with Gasteiger partial charge in [-0.3, -0.25) is 0 Å². The van der Waals surface area contributed by atoms with Crippen LogP contribution in [0.3, 0.4) is 0 Å². The van der Waals surface area contributed by atoms with Crippen molar-refractivity contribution in [1.29, 1.82) is 0 Å². The van der Waals surface area contributed by atoms with Gasteiger partial charge in [-0.25, -0.2) is 0 Å². The number of para-hydroxylation sites is 5. The predicted octanol–water partition coefficient (Wildman–Crippen LogP) is 19.0. The molecule has 0 N–H and O–H groups in total. The van der Waals surface area contributed by atoms with Crippen molar-refractivity contribution < 1.29 is 0 Å². The summed E-state index contributed by atoms with van der Waals surface area (Å²) in [5.41, 5.74) is 25.0. The molecule has 3 nitrogen and oxygen atoms in total. The van der Waals surface area contributed by atoms with Crippen molar-refractivity contribution in [2.24, 2.45) is 0 Å². The number of anilines is 3. The molecule has 0 saturated heterocycles. The first-order chi connectivity index (χ1) is 37.7. The van der Waals surface area contributed by atoms with Gasteiger partial charge in [-0.1, -0.05) is 206 Å². The molecule has 76 heavy (non-hydrogen) atoms. The van der Waals surface area contributed by atoms with E-state index in [0.717, 1.165) is 39.4 Å². The Bertz CT molecular complexity index is 4590. The SMILES string of the molecule is c1ccc(-c2cccc(-c3ccccc3N(c3ccc(-c4ccc5c(c4)c4ccccc4n5-c4ccccc4)cc3)c3ccc4c(c3)c3cccc5c3n4-c3ccccc3C53c4ccccc4-c4ccccc43)c2)cc1. The minimum absolute atomic E-state index is 0.471. The monoisotopic (exact) mass is 965 g/mol. The molecule has 354 valence electrons. The van der Waals surface area contributed by atoms with E-state index in [-0.39, 0.29) is 0 Å². The normalized spacial score (nSPS) is 12.8. The molecule has 16 rings (SSSR count). The van der Waals surface area contributed by atoms with Gasteiger partial charge in [0, 0.05) is 44.2 Å². The van der Waals surface area contributed by atoms with Gasteiger partial charge in [-0.15, -0.1) is 0 Å². The fourth-order valence-corrected chi connectivity index (χ4v) is 13.3. The molecule has 3 heteroatoms. The van der Waals surface area contributed by atoms with Gasteiger partial charge < -0.3 is 14.0 Å². The fourth-order valence-electron chi connectivity index (χ4n) is 13.3. The zero-order valence-electron chi connectivity index (χ0n) is 41.5. The lowest BCUT2D eigenvalue weighted by atomic mass is 9.65. The van der Waals surface area contributed by atoms with E-state index in [4.69, 9.17) is 0 Å². The van der Waals surface area contributed by atoms with Crippen molar-refractivity contribution >= 4 is 60.7 Å². The summed E-state index contributed by atoms with van der Waals surface area (Å²) in [4.78, 5) is 2.47. The summed E-state index contributed by atoms with van der Waals surface area (Å²) in [6, 6.07) is 106. The van der Waals surface area contributed by atoms with Crippen LogP contribution in [0.15, 0.2) is 285 Å². The predicted molar refractivity (Wildman–Crippen MR) is 317 cm³/mol. The molecular formula is C73H47N3. The first kappa shape index (κ1) is 42.5. The first-order valence-electron chi connectivity index (χ1n) is 26.3. The van der Waals surface area contributed by atoms with Crippen molar-refractivity contribution in [3.8, 4) is 55.9 Å². The molecule has 0 atom stereocenters. The summed E-state index contributed by atoms with van der Waals surface area (Å²) in [6.45, 7) is 0. The number of fused-ring (bicyclic) bond motifs is 15. The van der Waals surface area contributed by atoms with Gasteiger partial charge >= 0.3 is 0 Å². The molecule has 12 aromatic carbocycles. The van der Waals surface area contributed by atoms with E-state index >= 15 is 0 Å². The van der Waals surface area contributed by atoms with Crippen LogP contribution in [0.2, 0.25) is 0 Å². The van der Waals surface area contributed by atoms with Crippen LogP contribution in [0.5, 0.6) is 0 Å². The average Bonchev–Trinajstić information content (AvgIpc) is 4.14. The smallest absolute Gasteiger partial charge is 0.0754 e. The fraction of sp³-hybridized carbons (Fsp3) is 0.0137. The number of aromatic nitrogens is 2. The lowest BCUT2D eigenvalue weighted by Gasteiger charge is -2.39. The van der Waals surface area contributed by atoms with Crippen molar-refractivity contribution in [3.63, 3.8) is 0 Å². The summed E-state index contributed by atoms with van der Waals surface area (Å²) in [6.07, 6.45) is 0. The third-order valence-electron chi connectivity index (χ3n) is 16.5. The van der Waals surface area contributed by atoms with Crippen molar-refractivity contribution in [2.75, 3.05) is 4.90 Å². The van der Waals surface area contributed by atoms with Crippen molar-refractivity contribution in [1.82, 2.24) is 9.13 Å². The molecule has 2 aliphatic rings. The van der Waals surface area contributed by atoms with Gasteiger partial charge in [0.05, 0.1) is 38.9 Å². The quantitative estimate of drug-likeness (QED) is 0.155. The lowest BCUT2D eigenvalue weighted by Crippen LogP contribution is -2.33. The van der Waals surface area contributed by atoms with E-state index in [1.165, 1.54) is 99.4 Å². The molecule has 0 radical (unpaired) electrons. The molecule has 1 spiro atoms. The van der Waals surface area contributed by atoms with Gasteiger partial charge in [-0.2, -0.15) is 0 Å². The molecule has 0 unspecified atom stereocenters. The zero-order chi connectivity index (χ0) is 49.9. The van der Waals surface area contributed by atoms with Gasteiger partial charge in [0.2, 0.25) is 0 Å². The second-order valence-electron chi connectivity index (χ2n) is 20.4. The molecule has 0 saturated carbocycles. The largest absolute Gasteiger partial charge is 0.310 e. The Morgan fingerprint density at radius 2 is 0.789 bits per heavy atom. The third-order valence-corrected chi connectivity index (χ3v) is 16.5. The lowest BCUT2D eigenvalue weighted by molar-refractivity contribution is 0.748. The highest BCUT2D eigenvalue weighted by Gasteiger charge is 2.50. The zero-order valence-corrected chi connectivity index (χ0v) is 41.5. The number of benzene rings is 12. The van der Waals surface area contributed by atoms with E-state index in [1.807, 2.05) is 0 Å². The van der Waals surface area contributed by atoms with E-state index < -0.39 is 5.41 Å². The summed E-state index contributed by atoms with van der Waals surface area (Å²) in [5, 5.41) is 4.95. The van der Waals surface area contributed by atoms with Crippen LogP contribution >= 0.6 is 0 Å². The van der Waals surface area contributed by atoms with Crippen LogP contribution in [0.1, 0.15) is 22.3 Å². The Kier molecular flexibility index (Phi) is 9.25. The second-order valence-corrected chi connectivity index (χ2v) is 20.4. The number of nitrogens with zero attached hydrogens (tertiary/aromatic N) is 3. The minimum atomic E-state index is -0.471. The van der Waals surface area contributed by atoms with Crippen LogP contribution in [-0.2, 0) is 5.41 Å². The molecule has 0 bridgehead atoms. The number of hydrogen-bond acceptors (Lipinski definition) is 1. The Balaban J connectivity index is 0.894.